The van der Waals surface area contributed by atoms with Crippen LogP contribution < -0.4 is 5.73 Å². The van der Waals surface area contributed by atoms with Crippen LogP contribution in [-0.4, -0.2) is 16.2 Å². The lowest BCUT2D eigenvalue weighted by Gasteiger charge is -2.06. The predicted octanol–water partition coefficient (Wildman–Crippen LogP) is 1.83. The molecule has 4 nitrogen and oxygen atoms in total. The molecule has 2 aromatic rings. The number of benzene rings is 2. The number of hydrogen-bond acceptors (Lipinski definition) is 3. The molecule has 76 valence electrons. The Labute approximate surface area is 85.6 Å². The van der Waals surface area contributed by atoms with Gasteiger partial charge in [0.2, 0.25) is 0 Å². The largest absolute Gasteiger partial charge is 0.506 e. The zero-order chi connectivity index (χ0) is 11.0. The van der Waals surface area contributed by atoms with Crippen molar-refractivity contribution in [1.29, 1.82) is 0 Å². The van der Waals surface area contributed by atoms with Gasteiger partial charge in [0.05, 0.1) is 0 Å². The van der Waals surface area contributed by atoms with Gasteiger partial charge in [-0.2, -0.15) is 0 Å². The Hall–Kier alpha value is -2.23. The summed E-state index contributed by atoms with van der Waals surface area (Å²) in [4.78, 5) is 10.8. The van der Waals surface area contributed by atoms with Gasteiger partial charge < -0.3 is 15.9 Å². The molecule has 2 rings (SSSR count). The molecule has 0 fully saturated rings. The number of hydrogen-bond donors (Lipinski definition) is 3. The molecule has 0 amide bonds. The van der Waals surface area contributed by atoms with Gasteiger partial charge in [0, 0.05) is 16.5 Å². The fraction of sp³-hybridized carbons (Fsp3) is 0. The Morgan fingerprint density at radius 3 is 2.53 bits per heavy atom. The lowest BCUT2D eigenvalue weighted by Crippen LogP contribution is -1.97. The average molecular weight is 203 g/mol. The fourth-order valence-corrected chi connectivity index (χ4v) is 1.54. The molecule has 0 atom stereocenters. The van der Waals surface area contributed by atoms with Crippen molar-refractivity contribution in [2.75, 3.05) is 5.73 Å². The zero-order valence-electron chi connectivity index (χ0n) is 7.77. The number of fused-ring (bicyclic) bond motifs is 1. The highest BCUT2D eigenvalue weighted by atomic mass is 16.4. The van der Waals surface area contributed by atoms with E-state index in [-0.39, 0.29) is 11.3 Å². The van der Waals surface area contributed by atoms with E-state index < -0.39 is 5.97 Å². The van der Waals surface area contributed by atoms with E-state index in [1.165, 1.54) is 6.07 Å². The summed E-state index contributed by atoms with van der Waals surface area (Å²) in [5, 5.41) is 19.6. The van der Waals surface area contributed by atoms with Gasteiger partial charge in [0.25, 0.3) is 0 Å². The Balaban J connectivity index is 2.86. The van der Waals surface area contributed by atoms with E-state index in [0.717, 1.165) is 0 Å². The predicted molar refractivity (Wildman–Crippen MR) is 57.0 cm³/mol. The van der Waals surface area contributed by atoms with Gasteiger partial charge in [0.15, 0.2) is 0 Å². The summed E-state index contributed by atoms with van der Waals surface area (Å²) in [5.74, 6) is -1.40. The molecule has 0 aliphatic carbocycles. The van der Waals surface area contributed by atoms with E-state index in [4.69, 9.17) is 10.8 Å². The molecule has 0 bridgehead atoms. The molecule has 0 aliphatic rings. The van der Waals surface area contributed by atoms with Crippen LogP contribution in [0.1, 0.15) is 10.4 Å². The summed E-state index contributed by atoms with van der Waals surface area (Å²) in [5.41, 5.74) is 6.09. The summed E-state index contributed by atoms with van der Waals surface area (Å²) in [6, 6.07) is 7.93. The molecule has 4 N–H and O–H groups in total. The fourth-order valence-electron chi connectivity index (χ4n) is 1.54. The van der Waals surface area contributed by atoms with E-state index in [2.05, 4.69) is 0 Å². The summed E-state index contributed by atoms with van der Waals surface area (Å²) < 4.78 is 0. The van der Waals surface area contributed by atoms with Crippen molar-refractivity contribution in [1.82, 2.24) is 0 Å². The highest BCUT2D eigenvalue weighted by Gasteiger charge is 2.12. The molecule has 0 unspecified atom stereocenters. The number of carboxylic acid groups (broad SMARTS) is 1. The Morgan fingerprint density at radius 2 is 1.87 bits per heavy atom. The smallest absolute Gasteiger partial charge is 0.339 e. The van der Waals surface area contributed by atoms with Crippen molar-refractivity contribution in [2.45, 2.75) is 0 Å². The standard InChI is InChI=1S/C11H9NO3/c12-9-3-1-2-7-6(9)4-5-8(10(7)13)11(14)15/h1-5,13H,12H2,(H,14,15). The topological polar surface area (TPSA) is 83.5 Å². The molecular weight excluding hydrogens is 194 g/mol. The molecule has 0 saturated carbocycles. The Kier molecular flexibility index (Phi) is 1.97. The average Bonchev–Trinajstić information content (AvgIpc) is 2.19. The molecule has 0 aliphatic heterocycles. The van der Waals surface area contributed by atoms with Gasteiger partial charge >= 0.3 is 5.97 Å². The number of carboxylic acids is 1. The van der Waals surface area contributed by atoms with Crippen LogP contribution in [-0.2, 0) is 0 Å². The second-order valence-electron chi connectivity index (χ2n) is 3.21. The zero-order valence-corrected chi connectivity index (χ0v) is 7.77. The molecule has 2 aromatic carbocycles. The number of anilines is 1. The van der Waals surface area contributed by atoms with Crippen molar-refractivity contribution < 1.29 is 15.0 Å². The minimum atomic E-state index is -1.16. The van der Waals surface area contributed by atoms with E-state index in [9.17, 15) is 9.90 Å². The monoisotopic (exact) mass is 203 g/mol. The molecular formula is C11H9NO3. The molecule has 0 aromatic heterocycles. The second kappa shape index (κ2) is 3.16. The van der Waals surface area contributed by atoms with Crippen molar-refractivity contribution in [3.63, 3.8) is 0 Å². The Bertz CT molecular complexity index is 549. The van der Waals surface area contributed by atoms with Crippen LogP contribution >= 0.6 is 0 Å². The number of nitrogen functional groups attached to an aromatic ring is 1. The quantitative estimate of drug-likeness (QED) is 0.617. The van der Waals surface area contributed by atoms with Gasteiger partial charge in [-0.1, -0.05) is 18.2 Å². The van der Waals surface area contributed by atoms with Crippen LogP contribution in [0.15, 0.2) is 30.3 Å². The molecule has 0 heterocycles. The lowest BCUT2D eigenvalue weighted by atomic mass is 10.0. The lowest BCUT2D eigenvalue weighted by molar-refractivity contribution is 0.0694. The number of aromatic hydroxyl groups is 1. The minimum Gasteiger partial charge on any atom is -0.506 e. The summed E-state index contributed by atoms with van der Waals surface area (Å²) in [6.45, 7) is 0. The highest BCUT2D eigenvalue weighted by molar-refractivity contribution is 6.03. The van der Waals surface area contributed by atoms with E-state index in [0.29, 0.717) is 16.5 Å². The molecule has 4 heteroatoms. The van der Waals surface area contributed by atoms with Crippen molar-refractivity contribution >= 4 is 22.4 Å². The first kappa shape index (κ1) is 9.33. The number of nitrogens with two attached hydrogens (primary N) is 1. The first-order chi connectivity index (χ1) is 7.11. The van der Waals surface area contributed by atoms with Crippen LogP contribution in [0.2, 0.25) is 0 Å². The van der Waals surface area contributed by atoms with Crippen molar-refractivity contribution in [3.8, 4) is 5.75 Å². The third-order valence-electron chi connectivity index (χ3n) is 2.30. The van der Waals surface area contributed by atoms with Crippen molar-refractivity contribution in [2.24, 2.45) is 0 Å². The number of carbonyl (C=O) groups is 1. The van der Waals surface area contributed by atoms with Crippen LogP contribution in [0.25, 0.3) is 10.8 Å². The number of aromatic carboxylic acids is 1. The SMILES string of the molecule is Nc1cccc2c(O)c(C(=O)O)ccc12. The maximum Gasteiger partial charge on any atom is 0.339 e. The highest BCUT2D eigenvalue weighted by Crippen LogP contribution is 2.31. The molecule has 15 heavy (non-hydrogen) atoms. The first-order valence-electron chi connectivity index (χ1n) is 4.34. The molecule has 0 saturated heterocycles. The van der Waals surface area contributed by atoms with E-state index in [1.54, 1.807) is 24.3 Å². The summed E-state index contributed by atoms with van der Waals surface area (Å²) >= 11 is 0. The second-order valence-corrected chi connectivity index (χ2v) is 3.21. The van der Waals surface area contributed by atoms with Gasteiger partial charge in [-0.05, 0) is 12.1 Å². The molecule has 0 spiro atoms. The normalized spacial score (nSPS) is 10.4. The van der Waals surface area contributed by atoms with Crippen LogP contribution in [0.5, 0.6) is 5.75 Å². The van der Waals surface area contributed by atoms with Gasteiger partial charge in [-0.25, -0.2) is 4.79 Å². The Morgan fingerprint density at radius 1 is 1.13 bits per heavy atom. The van der Waals surface area contributed by atoms with E-state index >= 15 is 0 Å². The first-order valence-corrected chi connectivity index (χ1v) is 4.34. The number of rotatable bonds is 1. The van der Waals surface area contributed by atoms with Crippen LogP contribution in [0.3, 0.4) is 0 Å². The maximum absolute atomic E-state index is 10.8. The summed E-state index contributed by atoms with van der Waals surface area (Å²) in [6.07, 6.45) is 0. The molecule has 0 radical (unpaired) electrons. The van der Waals surface area contributed by atoms with Crippen LogP contribution in [0.4, 0.5) is 5.69 Å². The maximum atomic E-state index is 10.8. The minimum absolute atomic E-state index is 0.117. The third-order valence-corrected chi connectivity index (χ3v) is 2.30. The third kappa shape index (κ3) is 1.36. The van der Waals surface area contributed by atoms with Gasteiger partial charge in [-0.3, -0.25) is 0 Å². The number of phenols is 1. The van der Waals surface area contributed by atoms with Crippen LogP contribution in [0, 0.1) is 0 Å². The van der Waals surface area contributed by atoms with Gasteiger partial charge in [-0.15, -0.1) is 0 Å². The van der Waals surface area contributed by atoms with Gasteiger partial charge in [0.1, 0.15) is 11.3 Å². The summed E-state index contributed by atoms with van der Waals surface area (Å²) in [7, 11) is 0. The van der Waals surface area contributed by atoms with Crippen molar-refractivity contribution in [3.05, 3.63) is 35.9 Å². The van der Waals surface area contributed by atoms with E-state index in [1.807, 2.05) is 0 Å².